The van der Waals surface area contributed by atoms with Crippen LogP contribution in [0.2, 0.25) is 0 Å². The maximum absolute atomic E-state index is 12.5. The van der Waals surface area contributed by atoms with Crippen LogP contribution in [0.4, 0.5) is 13.6 Å². The van der Waals surface area contributed by atoms with E-state index in [9.17, 15) is 18.4 Å². The molecule has 0 unspecified atom stereocenters. The zero-order chi connectivity index (χ0) is 17.7. The second-order valence-corrected chi connectivity index (χ2v) is 6.04. The summed E-state index contributed by atoms with van der Waals surface area (Å²) in [5.74, 6) is -0.384. The number of hydrogen-bond donors (Lipinski definition) is 1. The molecule has 1 fully saturated rings. The van der Waals surface area contributed by atoms with Gasteiger partial charge in [-0.2, -0.15) is 0 Å². The number of rotatable bonds is 4. The number of methoxy groups -OCH3 is 1. The summed E-state index contributed by atoms with van der Waals surface area (Å²) in [7, 11) is 1.37. The van der Waals surface area contributed by atoms with Gasteiger partial charge in [0.2, 0.25) is 0 Å². The lowest BCUT2D eigenvalue weighted by Gasteiger charge is -2.35. The van der Waals surface area contributed by atoms with Crippen molar-refractivity contribution < 1.29 is 23.1 Å². The summed E-state index contributed by atoms with van der Waals surface area (Å²) >= 11 is 0. The molecule has 2 rings (SSSR count). The summed E-state index contributed by atoms with van der Waals surface area (Å²) in [6, 6.07) is 5.65. The number of carbonyl (C=O) groups is 2. The molecule has 1 N–H and O–H groups in total. The van der Waals surface area contributed by atoms with E-state index < -0.39 is 6.43 Å². The van der Waals surface area contributed by atoms with Crippen LogP contribution in [-0.4, -0.2) is 37.1 Å². The molecule has 2 atom stereocenters. The standard InChI is InChI=1S/C17H22F2N2O3/c1-11-10-21(8-7-14(11)16(22)24-2)17(23)20-9-12-3-5-13(6-4-12)15(18)19/h3-6,11,14-15H,7-10H2,1-2H3,(H,20,23)/t11-,14-/m1/s1. The van der Waals surface area contributed by atoms with Crippen molar-refractivity contribution in [2.45, 2.75) is 26.3 Å². The van der Waals surface area contributed by atoms with E-state index in [1.165, 1.54) is 19.2 Å². The van der Waals surface area contributed by atoms with Gasteiger partial charge < -0.3 is 15.0 Å². The zero-order valence-corrected chi connectivity index (χ0v) is 13.8. The highest BCUT2D eigenvalue weighted by atomic mass is 19.3. The van der Waals surface area contributed by atoms with Crippen LogP contribution >= 0.6 is 0 Å². The number of carbonyl (C=O) groups excluding carboxylic acids is 2. The Morgan fingerprint density at radius 1 is 1.33 bits per heavy atom. The summed E-state index contributed by atoms with van der Waals surface area (Å²) in [6.45, 7) is 3.16. The number of nitrogens with one attached hydrogen (secondary N) is 1. The maximum atomic E-state index is 12.5. The highest BCUT2D eigenvalue weighted by Gasteiger charge is 2.33. The van der Waals surface area contributed by atoms with Crippen LogP contribution in [0.25, 0.3) is 0 Å². The third-order valence-electron chi connectivity index (χ3n) is 4.37. The molecule has 0 aliphatic carbocycles. The molecule has 24 heavy (non-hydrogen) atoms. The third-order valence-corrected chi connectivity index (χ3v) is 4.37. The van der Waals surface area contributed by atoms with Crippen LogP contribution in [0.3, 0.4) is 0 Å². The number of alkyl halides is 2. The van der Waals surface area contributed by atoms with E-state index in [1.807, 2.05) is 6.92 Å². The number of nitrogens with zero attached hydrogens (tertiary/aromatic N) is 1. The lowest BCUT2D eigenvalue weighted by molar-refractivity contribution is -0.148. The number of ether oxygens (including phenoxy) is 1. The number of esters is 1. The number of hydrogen-bond acceptors (Lipinski definition) is 3. The Labute approximate surface area is 140 Å². The van der Waals surface area contributed by atoms with Gasteiger partial charge in [0.05, 0.1) is 13.0 Å². The largest absolute Gasteiger partial charge is 0.469 e. The van der Waals surface area contributed by atoms with Gasteiger partial charge in [-0.1, -0.05) is 31.2 Å². The first kappa shape index (κ1) is 18.2. The lowest BCUT2D eigenvalue weighted by atomic mass is 9.87. The van der Waals surface area contributed by atoms with Gasteiger partial charge >= 0.3 is 12.0 Å². The smallest absolute Gasteiger partial charge is 0.317 e. The molecule has 0 radical (unpaired) electrons. The minimum absolute atomic E-state index is 0.0299. The molecule has 1 aromatic rings. The average Bonchev–Trinajstić information content (AvgIpc) is 2.59. The minimum Gasteiger partial charge on any atom is -0.469 e. The third kappa shape index (κ3) is 4.43. The van der Waals surface area contributed by atoms with E-state index in [-0.39, 0.29) is 35.9 Å². The fraction of sp³-hybridized carbons (Fsp3) is 0.529. The molecule has 132 valence electrons. The van der Waals surface area contributed by atoms with Crippen LogP contribution in [-0.2, 0) is 16.1 Å². The Morgan fingerprint density at radius 2 is 2.00 bits per heavy atom. The first-order chi connectivity index (χ1) is 11.4. The van der Waals surface area contributed by atoms with Gasteiger partial charge in [0.25, 0.3) is 6.43 Å². The van der Waals surface area contributed by atoms with Crippen molar-refractivity contribution in [3.8, 4) is 0 Å². The van der Waals surface area contributed by atoms with Crippen LogP contribution in [0.15, 0.2) is 24.3 Å². The lowest BCUT2D eigenvalue weighted by Crippen LogP contribution is -2.48. The Balaban J connectivity index is 1.84. The molecule has 0 spiro atoms. The van der Waals surface area contributed by atoms with Gasteiger partial charge in [0, 0.05) is 25.2 Å². The molecule has 0 aromatic heterocycles. The van der Waals surface area contributed by atoms with Crippen LogP contribution in [0, 0.1) is 11.8 Å². The van der Waals surface area contributed by atoms with E-state index in [1.54, 1.807) is 17.0 Å². The van der Waals surface area contributed by atoms with Crippen molar-refractivity contribution >= 4 is 12.0 Å². The van der Waals surface area contributed by atoms with Crippen molar-refractivity contribution in [3.05, 3.63) is 35.4 Å². The topological polar surface area (TPSA) is 58.6 Å². The summed E-state index contributed by atoms with van der Waals surface area (Å²) in [5.41, 5.74) is 0.717. The Kier molecular flexibility index (Phi) is 6.11. The van der Waals surface area contributed by atoms with Gasteiger partial charge in [-0.05, 0) is 17.9 Å². The number of halogens is 2. The van der Waals surface area contributed by atoms with Gasteiger partial charge in [-0.3, -0.25) is 4.79 Å². The van der Waals surface area contributed by atoms with Crippen molar-refractivity contribution in [1.82, 2.24) is 10.2 Å². The molecule has 1 aromatic carbocycles. The fourth-order valence-electron chi connectivity index (χ4n) is 2.90. The van der Waals surface area contributed by atoms with E-state index >= 15 is 0 Å². The molecule has 0 bridgehead atoms. The summed E-state index contributed by atoms with van der Waals surface area (Å²) in [5, 5.41) is 2.78. The molecule has 1 heterocycles. The van der Waals surface area contributed by atoms with Crippen molar-refractivity contribution in [3.63, 3.8) is 0 Å². The minimum atomic E-state index is -2.49. The molecular formula is C17H22F2N2O3. The molecule has 2 amide bonds. The van der Waals surface area contributed by atoms with E-state index in [4.69, 9.17) is 4.74 Å². The highest BCUT2D eigenvalue weighted by molar-refractivity contribution is 5.76. The predicted molar refractivity (Wildman–Crippen MR) is 84.5 cm³/mol. The average molecular weight is 340 g/mol. The first-order valence-corrected chi connectivity index (χ1v) is 7.90. The van der Waals surface area contributed by atoms with Crippen LogP contribution < -0.4 is 5.32 Å². The molecule has 7 heteroatoms. The molecule has 1 aliphatic rings. The molecule has 0 saturated carbocycles. The van der Waals surface area contributed by atoms with Crippen molar-refractivity contribution in [1.29, 1.82) is 0 Å². The molecule has 1 saturated heterocycles. The monoisotopic (exact) mass is 340 g/mol. The van der Waals surface area contributed by atoms with E-state index in [0.29, 0.717) is 19.5 Å². The Hall–Kier alpha value is -2.18. The SMILES string of the molecule is COC(=O)[C@@H]1CCN(C(=O)NCc2ccc(C(F)F)cc2)C[C@H]1C. The van der Waals surface area contributed by atoms with Gasteiger partial charge in [-0.25, -0.2) is 13.6 Å². The Morgan fingerprint density at radius 3 is 2.54 bits per heavy atom. The number of likely N-dealkylation sites (tertiary alicyclic amines) is 1. The van der Waals surface area contributed by atoms with Crippen LogP contribution in [0.1, 0.15) is 30.9 Å². The van der Waals surface area contributed by atoms with Crippen molar-refractivity contribution in [2.24, 2.45) is 11.8 Å². The maximum Gasteiger partial charge on any atom is 0.317 e. The summed E-state index contributed by atoms with van der Waals surface area (Å²) in [6.07, 6.45) is -1.92. The second kappa shape index (κ2) is 8.08. The molecular weight excluding hydrogens is 318 g/mol. The van der Waals surface area contributed by atoms with E-state index in [2.05, 4.69) is 5.32 Å². The molecule has 5 nitrogen and oxygen atoms in total. The summed E-state index contributed by atoms with van der Waals surface area (Å²) < 4.78 is 29.8. The fourth-order valence-corrected chi connectivity index (χ4v) is 2.90. The van der Waals surface area contributed by atoms with E-state index in [0.717, 1.165) is 5.56 Å². The van der Waals surface area contributed by atoms with Gasteiger partial charge in [-0.15, -0.1) is 0 Å². The number of piperidine rings is 1. The first-order valence-electron chi connectivity index (χ1n) is 7.90. The predicted octanol–water partition coefficient (Wildman–Crippen LogP) is 2.96. The molecule has 1 aliphatic heterocycles. The second-order valence-electron chi connectivity index (χ2n) is 6.04. The van der Waals surface area contributed by atoms with Gasteiger partial charge in [0.15, 0.2) is 0 Å². The normalized spacial score (nSPS) is 20.8. The van der Waals surface area contributed by atoms with Crippen LogP contribution in [0.5, 0.6) is 0 Å². The zero-order valence-electron chi connectivity index (χ0n) is 13.8. The number of benzene rings is 1. The quantitative estimate of drug-likeness (QED) is 0.858. The number of urea groups is 1. The highest BCUT2D eigenvalue weighted by Crippen LogP contribution is 2.24. The Bertz CT molecular complexity index is 578. The van der Waals surface area contributed by atoms with Crippen molar-refractivity contribution in [2.75, 3.05) is 20.2 Å². The summed E-state index contributed by atoms with van der Waals surface area (Å²) in [4.78, 5) is 25.5. The number of amides is 2. The van der Waals surface area contributed by atoms with Gasteiger partial charge in [0.1, 0.15) is 0 Å².